The molecular formula is C7H9BKNO. The minimum absolute atomic E-state index is 0. The molecule has 0 aromatic heterocycles. The van der Waals surface area contributed by atoms with Crippen LogP contribution in [-0.4, -0.2) is 6.92 Å². The molecule has 0 radical (unpaired) electrons. The van der Waals surface area contributed by atoms with Crippen molar-refractivity contribution in [2.75, 3.05) is 5.73 Å². The van der Waals surface area contributed by atoms with Crippen LogP contribution in [0.3, 0.4) is 0 Å². The standard InChI is InChI=1S/C7H9BNO.K/c1-8(10)6-2-4-7(9)5-3-6;/h2-5H,9H2,1H3;/q-1;+1. The van der Waals surface area contributed by atoms with Gasteiger partial charge in [-0.2, -0.15) is 0 Å². The third-order valence-corrected chi connectivity index (χ3v) is 1.41. The Morgan fingerprint density at radius 3 is 2.09 bits per heavy atom. The van der Waals surface area contributed by atoms with Crippen LogP contribution in [0.2, 0.25) is 6.82 Å². The maximum Gasteiger partial charge on any atom is 1.00 e. The van der Waals surface area contributed by atoms with Crippen molar-refractivity contribution in [3.05, 3.63) is 24.3 Å². The van der Waals surface area contributed by atoms with Gasteiger partial charge in [0.15, 0.2) is 0 Å². The van der Waals surface area contributed by atoms with E-state index in [1.165, 1.54) is 0 Å². The van der Waals surface area contributed by atoms with Crippen molar-refractivity contribution in [1.29, 1.82) is 0 Å². The van der Waals surface area contributed by atoms with E-state index < -0.39 is 6.92 Å². The molecule has 0 aliphatic rings. The van der Waals surface area contributed by atoms with Gasteiger partial charge in [-0.3, -0.25) is 0 Å². The molecule has 1 rings (SSSR count). The molecule has 2 nitrogen and oxygen atoms in total. The molecule has 11 heavy (non-hydrogen) atoms. The van der Waals surface area contributed by atoms with Crippen molar-refractivity contribution >= 4 is 18.1 Å². The number of anilines is 1. The van der Waals surface area contributed by atoms with E-state index >= 15 is 0 Å². The first-order valence-electron chi connectivity index (χ1n) is 3.21. The van der Waals surface area contributed by atoms with Gasteiger partial charge in [-0.25, -0.2) is 0 Å². The van der Waals surface area contributed by atoms with Gasteiger partial charge in [0.25, 0.3) is 0 Å². The van der Waals surface area contributed by atoms with E-state index in [4.69, 9.17) is 5.73 Å². The van der Waals surface area contributed by atoms with Crippen LogP contribution in [0.5, 0.6) is 0 Å². The van der Waals surface area contributed by atoms with Gasteiger partial charge < -0.3 is 10.8 Å². The van der Waals surface area contributed by atoms with Gasteiger partial charge >= 0.3 is 51.4 Å². The summed E-state index contributed by atoms with van der Waals surface area (Å²) < 4.78 is 0. The first-order chi connectivity index (χ1) is 4.70. The predicted octanol–water partition coefficient (Wildman–Crippen LogP) is -3.54. The quantitative estimate of drug-likeness (QED) is 0.353. The van der Waals surface area contributed by atoms with Crippen molar-refractivity contribution in [3.63, 3.8) is 0 Å². The molecule has 0 aliphatic carbocycles. The average molecular weight is 173 g/mol. The summed E-state index contributed by atoms with van der Waals surface area (Å²) >= 11 is 0. The molecule has 0 saturated carbocycles. The van der Waals surface area contributed by atoms with E-state index in [0.29, 0.717) is 5.69 Å². The van der Waals surface area contributed by atoms with Crippen LogP contribution in [-0.2, 0) is 0 Å². The molecule has 0 amide bonds. The van der Waals surface area contributed by atoms with Crippen LogP contribution in [0.1, 0.15) is 0 Å². The number of benzene rings is 1. The van der Waals surface area contributed by atoms with E-state index in [9.17, 15) is 5.02 Å². The summed E-state index contributed by atoms with van der Waals surface area (Å²) in [6, 6.07) is 6.99. The molecule has 4 heteroatoms. The summed E-state index contributed by atoms with van der Waals surface area (Å²) in [6.07, 6.45) is 0. The van der Waals surface area contributed by atoms with Crippen molar-refractivity contribution in [2.45, 2.75) is 6.82 Å². The Kier molecular flexibility index (Phi) is 5.68. The summed E-state index contributed by atoms with van der Waals surface area (Å²) in [5.41, 5.74) is 6.91. The molecule has 0 bridgehead atoms. The number of hydrogen-bond acceptors (Lipinski definition) is 2. The van der Waals surface area contributed by atoms with Crippen molar-refractivity contribution in [2.24, 2.45) is 0 Å². The maximum atomic E-state index is 10.8. The number of hydrogen-bond donors (Lipinski definition) is 1. The van der Waals surface area contributed by atoms with E-state index in [2.05, 4.69) is 0 Å². The Hall–Kier alpha value is 0.681. The molecule has 0 spiro atoms. The smallest absolute Gasteiger partial charge is 0.876 e. The van der Waals surface area contributed by atoms with E-state index in [1.807, 2.05) is 0 Å². The van der Waals surface area contributed by atoms with Gasteiger partial charge in [0.2, 0.25) is 0 Å². The fourth-order valence-corrected chi connectivity index (χ4v) is 0.767. The van der Waals surface area contributed by atoms with Crippen molar-refractivity contribution in [1.82, 2.24) is 0 Å². The van der Waals surface area contributed by atoms with Crippen molar-refractivity contribution in [3.8, 4) is 0 Å². The van der Waals surface area contributed by atoms with Crippen LogP contribution in [0.25, 0.3) is 0 Å². The summed E-state index contributed by atoms with van der Waals surface area (Å²) in [4.78, 5) is 0. The summed E-state index contributed by atoms with van der Waals surface area (Å²) in [5.74, 6) is 0. The fraction of sp³-hybridized carbons (Fsp3) is 0.143. The molecule has 0 fully saturated rings. The van der Waals surface area contributed by atoms with Crippen LogP contribution in [0, 0.1) is 0 Å². The van der Waals surface area contributed by atoms with E-state index in [0.717, 1.165) is 5.46 Å². The molecule has 1 aromatic carbocycles. The second kappa shape index (κ2) is 5.35. The fourth-order valence-electron chi connectivity index (χ4n) is 0.767. The zero-order valence-electron chi connectivity index (χ0n) is 6.87. The largest absolute Gasteiger partial charge is 1.00 e. The summed E-state index contributed by atoms with van der Waals surface area (Å²) in [6.45, 7) is 0.964. The van der Waals surface area contributed by atoms with Gasteiger partial charge in [-0.05, 0) is 12.1 Å². The van der Waals surface area contributed by atoms with Gasteiger partial charge in [0, 0.05) is 5.69 Å². The van der Waals surface area contributed by atoms with Gasteiger partial charge in [-0.1, -0.05) is 19.0 Å². The maximum absolute atomic E-state index is 10.8. The average Bonchev–Trinajstić information content (AvgIpc) is 1.88. The van der Waals surface area contributed by atoms with Crippen LogP contribution >= 0.6 is 0 Å². The molecule has 1 aromatic rings. The second-order valence-corrected chi connectivity index (χ2v) is 2.31. The van der Waals surface area contributed by atoms with E-state index in [-0.39, 0.29) is 51.4 Å². The monoisotopic (exact) mass is 173 g/mol. The third-order valence-electron chi connectivity index (χ3n) is 1.41. The molecular weight excluding hydrogens is 164 g/mol. The zero-order chi connectivity index (χ0) is 7.56. The molecule has 0 aliphatic heterocycles. The predicted molar refractivity (Wildman–Crippen MR) is 42.1 cm³/mol. The Balaban J connectivity index is 0.000001000. The van der Waals surface area contributed by atoms with E-state index in [1.54, 1.807) is 31.1 Å². The molecule has 0 unspecified atom stereocenters. The second-order valence-electron chi connectivity index (χ2n) is 2.31. The Bertz CT molecular complexity index is 212. The molecule has 0 heterocycles. The van der Waals surface area contributed by atoms with Crippen LogP contribution < -0.4 is 67.6 Å². The van der Waals surface area contributed by atoms with Gasteiger partial charge in [0.05, 0.1) is 6.92 Å². The Morgan fingerprint density at radius 2 is 1.73 bits per heavy atom. The first kappa shape index (κ1) is 11.7. The van der Waals surface area contributed by atoms with Crippen LogP contribution in [0.15, 0.2) is 24.3 Å². The van der Waals surface area contributed by atoms with Crippen molar-refractivity contribution < 1.29 is 56.4 Å². The zero-order valence-corrected chi connectivity index (χ0v) is 10.00. The minimum atomic E-state index is -0.652. The number of rotatable bonds is 1. The number of nitrogens with two attached hydrogens (primary N) is 1. The Labute approximate surface area is 110 Å². The third kappa shape index (κ3) is 3.73. The normalized spacial score (nSPS) is 8.55. The van der Waals surface area contributed by atoms with Gasteiger partial charge in [0.1, 0.15) is 0 Å². The SMILES string of the molecule is CB([O-])c1ccc(N)cc1.[K+]. The summed E-state index contributed by atoms with van der Waals surface area (Å²) in [7, 11) is 0. The minimum Gasteiger partial charge on any atom is -0.876 e. The molecule has 0 saturated heterocycles. The molecule has 52 valence electrons. The topological polar surface area (TPSA) is 49.1 Å². The molecule has 2 N–H and O–H groups in total. The molecule has 0 atom stereocenters. The first-order valence-corrected chi connectivity index (χ1v) is 3.21. The summed E-state index contributed by atoms with van der Waals surface area (Å²) in [5, 5.41) is 10.8. The van der Waals surface area contributed by atoms with Gasteiger partial charge in [-0.15, -0.1) is 5.46 Å². The number of nitrogen functional groups attached to an aromatic ring is 1. The van der Waals surface area contributed by atoms with Crippen LogP contribution in [0.4, 0.5) is 5.69 Å². The Morgan fingerprint density at radius 1 is 1.27 bits per heavy atom.